The molecule has 1 aromatic heterocycles. The number of rotatable bonds is 4. The van der Waals surface area contributed by atoms with Crippen LogP contribution in [-0.2, 0) is 19.3 Å². The van der Waals surface area contributed by atoms with Crippen LogP contribution in [0.2, 0.25) is 0 Å². The van der Waals surface area contributed by atoms with Gasteiger partial charge < -0.3 is 18.0 Å². The van der Waals surface area contributed by atoms with Crippen molar-refractivity contribution in [2.45, 2.75) is 57.6 Å². The molecule has 3 rings (SSSR count). The highest BCUT2D eigenvalue weighted by atomic mass is 32.2. The maximum Gasteiger partial charge on any atom is 0.496 e. The number of nitrogens with zero attached hydrogens (tertiary/aromatic N) is 2. The topological polar surface area (TPSA) is 81.9 Å². The Morgan fingerprint density at radius 2 is 1.63 bits per heavy atom. The van der Waals surface area contributed by atoms with E-state index in [-0.39, 0.29) is 10.7 Å². The third-order valence-corrected chi connectivity index (χ3v) is 6.92. The second kappa shape index (κ2) is 6.39. The number of aryl methyl sites for hydroxylation is 1. The highest BCUT2D eigenvalue weighted by Crippen LogP contribution is 2.37. The maximum absolute atomic E-state index is 13.2. The quantitative estimate of drug-likeness (QED) is 0.744. The molecule has 1 fully saturated rings. The standard InChI is InChI=1S/C17H22B2N2O5S/c1-11-12(2)24-20-15(11)21(18)27(22,23)14-10-8-7-9-13(14)19-25-16(3,4)17(5,6)26-19/h7-10H,1-6H3. The number of hydrogen-bond donors (Lipinski definition) is 0. The van der Waals surface area contributed by atoms with E-state index in [1.54, 1.807) is 32.0 Å². The van der Waals surface area contributed by atoms with Crippen molar-refractivity contribution in [2.24, 2.45) is 0 Å². The lowest BCUT2D eigenvalue weighted by Crippen LogP contribution is -2.41. The van der Waals surface area contributed by atoms with E-state index >= 15 is 0 Å². The molecule has 0 unspecified atom stereocenters. The molecule has 0 amide bonds. The summed E-state index contributed by atoms with van der Waals surface area (Å²) in [7, 11) is 0.981. The summed E-state index contributed by atoms with van der Waals surface area (Å²) >= 11 is 0. The van der Waals surface area contributed by atoms with Crippen molar-refractivity contribution in [3.63, 3.8) is 0 Å². The summed E-state index contributed by atoms with van der Waals surface area (Å²) in [6.45, 7) is 11.0. The van der Waals surface area contributed by atoms with E-state index in [9.17, 15) is 8.42 Å². The number of hydrogen-bond acceptors (Lipinski definition) is 6. The molecule has 1 saturated heterocycles. The summed E-state index contributed by atoms with van der Waals surface area (Å²) in [4.78, 5) is -0.00828. The molecule has 0 aliphatic carbocycles. The molecule has 10 heteroatoms. The minimum Gasteiger partial charge on any atom is -0.399 e. The van der Waals surface area contributed by atoms with Gasteiger partial charge in [-0.2, -0.15) is 0 Å². The summed E-state index contributed by atoms with van der Waals surface area (Å²) in [5.41, 5.74) is -0.272. The lowest BCUT2D eigenvalue weighted by Gasteiger charge is -2.32. The molecule has 0 saturated carbocycles. The van der Waals surface area contributed by atoms with Gasteiger partial charge >= 0.3 is 7.12 Å². The Kier molecular flexibility index (Phi) is 4.73. The van der Waals surface area contributed by atoms with E-state index in [4.69, 9.17) is 21.8 Å². The molecule has 2 aromatic rings. The van der Waals surface area contributed by atoms with Crippen LogP contribution in [0.1, 0.15) is 39.0 Å². The van der Waals surface area contributed by atoms with Gasteiger partial charge in [-0.25, -0.2) is 8.42 Å². The Labute approximate surface area is 161 Å². The molecule has 1 aliphatic rings. The Morgan fingerprint density at radius 3 is 2.15 bits per heavy atom. The second-order valence-corrected chi connectivity index (χ2v) is 9.40. The van der Waals surface area contributed by atoms with Crippen LogP contribution in [0.4, 0.5) is 5.82 Å². The summed E-state index contributed by atoms with van der Waals surface area (Å²) < 4.78 is 44.1. The maximum atomic E-state index is 13.2. The fourth-order valence-electron chi connectivity index (χ4n) is 2.71. The predicted octanol–water partition coefficient (Wildman–Crippen LogP) is 1.87. The minimum atomic E-state index is -4.12. The van der Waals surface area contributed by atoms with Gasteiger partial charge in [0.05, 0.1) is 16.1 Å². The van der Waals surface area contributed by atoms with Crippen molar-refractivity contribution >= 4 is 36.4 Å². The molecule has 2 heterocycles. The molecule has 0 N–H and O–H groups in total. The molecule has 1 aromatic carbocycles. The van der Waals surface area contributed by atoms with Crippen LogP contribution in [0.5, 0.6) is 0 Å². The van der Waals surface area contributed by atoms with Gasteiger partial charge in [-0.3, -0.25) is 0 Å². The highest BCUT2D eigenvalue weighted by Gasteiger charge is 2.53. The SMILES string of the molecule is [B]N(c1noc(C)c1C)S(=O)(=O)c1ccccc1B1OC(C)(C)C(C)(C)O1. The first-order valence-electron chi connectivity index (χ1n) is 8.56. The molecule has 0 spiro atoms. The number of aromatic nitrogens is 1. The zero-order valence-electron chi connectivity index (χ0n) is 16.3. The molecule has 2 radical (unpaired) electrons. The van der Waals surface area contributed by atoms with Gasteiger partial charge in [0.25, 0.3) is 18.0 Å². The molecule has 0 atom stereocenters. The molecule has 1 aliphatic heterocycles. The summed E-state index contributed by atoms with van der Waals surface area (Å²) in [6.07, 6.45) is 0. The molecule has 142 valence electrons. The van der Waals surface area contributed by atoms with Crippen molar-refractivity contribution < 1.29 is 22.2 Å². The zero-order valence-corrected chi connectivity index (χ0v) is 17.1. The fraction of sp³-hybridized carbons (Fsp3) is 0.471. The van der Waals surface area contributed by atoms with Crippen molar-refractivity contribution in [1.82, 2.24) is 5.16 Å². The van der Waals surface area contributed by atoms with Crippen molar-refractivity contribution in [1.29, 1.82) is 0 Å². The predicted molar refractivity (Wildman–Crippen MR) is 104 cm³/mol. The lowest BCUT2D eigenvalue weighted by atomic mass is 9.79. The fourth-order valence-corrected chi connectivity index (χ4v) is 4.03. The van der Waals surface area contributed by atoms with Crippen LogP contribution in [0.15, 0.2) is 33.7 Å². The molecule has 27 heavy (non-hydrogen) atoms. The van der Waals surface area contributed by atoms with E-state index in [0.29, 0.717) is 21.0 Å². The van der Waals surface area contributed by atoms with E-state index < -0.39 is 28.3 Å². The monoisotopic (exact) mass is 388 g/mol. The smallest absolute Gasteiger partial charge is 0.399 e. The van der Waals surface area contributed by atoms with Crippen LogP contribution in [0.25, 0.3) is 0 Å². The van der Waals surface area contributed by atoms with E-state index in [1.165, 1.54) is 6.07 Å². The lowest BCUT2D eigenvalue weighted by molar-refractivity contribution is 0.00578. The highest BCUT2D eigenvalue weighted by molar-refractivity contribution is 7.94. The van der Waals surface area contributed by atoms with Gasteiger partial charge in [-0.05, 0) is 47.6 Å². The van der Waals surface area contributed by atoms with Gasteiger partial charge in [0.1, 0.15) is 5.76 Å². The van der Waals surface area contributed by atoms with Crippen LogP contribution in [0, 0.1) is 13.8 Å². The summed E-state index contributed by atoms with van der Waals surface area (Å²) in [5, 5.41) is 3.76. The zero-order chi connectivity index (χ0) is 20.2. The van der Waals surface area contributed by atoms with E-state index in [0.717, 1.165) is 0 Å². The van der Waals surface area contributed by atoms with Gasteiger partial charge in [-0.1, -0.05) is 23.4 Å². The van der Waals surface area contributed by atoms with Crippen LogP contribution < -0.4 is 9.68 Å². The average molecular weight is 388 g/mol. The van der Waals surface area contributed by atoms with Gasteiger partial charge in [0.15, 0.2) is 5.82 Å². The van der Waals surface area contributed by atoms with Gasteiger partial charge in [0.2, 0.25) is 0 Å². The third kappa shape index (κ3) is 3.19. The second-order valence-electron chi connectivity index (χ2n) is 7.61. The molecular weight excluding hydrogens is 366 g/mol. The Hall–Kier alpha value is -1.77. The minimum absolute atomic E-state index is 0.00828. The summed E-state index contributed by atoms with van der Waals surface area (Å²) in [6, 6.07) is 6.48. The van der Waals surface area contributed by atoms with Gasteiger partial charge in [-0.15, -0.1) is 0 Å². The number of anilines is 1. The van der Waals surface area contributed by atoms with Crippen molar-refractivity contribution in [3.8, 4) is 0 Å². The molecular formula is C17H22B2N2O5S. The van der Waals surface area contributed by atoms with E-state index in [1.807, 2.05) is 27.7 Å². The first kappa shape index (κ1) is 20.0. The van der Waals surface area contributed by atoms with E-state index in [2.05, 4.69) is 5.16 Å². The van der Waals surface area contributed by atoms with Crippen LogP contribution in [0.3, 0.4) is 0 Å². The summed E-state index contributed by atoms with van der Waals surface area (Å²) in [5.74, 6) is 0.533. The van der Waals surface area contributed by atoms with Crippen molar-refractivity contribution in [2.75, 3.05) is 4.22 Å². The van der Waals surface area contributed by atoms with Crippen LogP contribution in [-0.4, -0.2) is 39.9 Å². The van der Waals surface area contributed by atoms with Gasteiger partial charge in [0, 0.05) is 11.0 Å². The number of sulfonamides is 1. The third-order valence-electron chi connectivity index (χ3n) is 5.30. The Bertz CT molecular complexity index is 955. The average Bonchev–Trinajstić information content (AvgIpc) is 3.02. The first-order chi connectivity index (χ1) is 12.4. The Balaban J connectivity index is 2.05. The largest absolute Gasteiger partial charge is 0.496 e. The van der Waals surface area contributed by atoms with Crippen LogP contribution >= 0.6 is 0 Å². The van der Waals surface area contributed by atoms with Crippen molar-refractivity contribution in [3.05, 3.63) is 35.6 Å². The first-order valence-corrected chi connectivity index (χ1v) is 10.00. The molecule has 0 bridgehead atoms. The Morgan fingerprint density at radius 1 is 1.07 bits per heavy atom. The molecule has 7 nitrogen and oxygen atoms in total. The number of benzene rings is 1. The normalized spacial score (nSPS) is 18.7.